The molecule has 0 aromatic heterocycles. The minimum absolute atomic E-state index is 0.220. The van der Waals surface area contributed by atoms with Crippen LogP contribution in [0, 0.1) is 0 Å². The minimum atomic E-state index is 0.220. The molecule has 0 unspecified atom stereocenters. The van der Waals surface area contributed by atoms with Gasteiger partial charge in [0.1, 0.15) is 0 Å². The Morgan fingerprint density at radius 2 is 2.40 bits per heavy atom. The summed E-state index contributed by atoms with van der Waals surface area (Å²) >= 11 is 0. The maximum absolute atomic E-state index is 8.79. The van der Waals surface area contributed by atoms with E-state index in [2.05, 4.69) is 11.0 Å². The number of allylic oxidation sites excluding steroid dienone is 2. The fourth-order valence-electron chi connectivity index (χ4n) is 0.914. The molecule has 10 heavy (non-hydrogen) atoms. The van der Waals surface area contributed by atoms with E-state index in [1.807, 2.05) is 25.3 Å². The van der Waals surface area contributed by atoms with Crippen LogP contribution in [0.5, 0.6) is 0 Å². The van der Waals surface area contributed by atoms with Crippen LogP contribution in [0.2, 0.25) is 0 Å². The standard InChI is InChI=1S/C8H13NO/c1-8(7-10)9-5-3-2-4-6-9/h2-5,8,10H,6-7H2,1H3/t8-/m1/s1. The van der Waals surface area contributed by atoms with E-state index in [0.29, 0.717) is 0 Å². The molecule has 0 aromatic carbocycles. The summed E-state index contributed by atoms with van der Waals surface area (Å²) in [6, 6.07) is 0.237. The topological polar surface area (TPSA) is 23.5 Å². The molecule has 1 aliphatic heterocycles. The van der Waals surface area contributed by atoms with Crippen LogP contribution in [0.25, 0.3) is 0 Å². The minimum Gasteiger partial charge on any atom is -0.394 e. The lowest BCUT2D eigenvalue weighted by molar-refractivity contribution is 0.185. The second-order valence-electron chi connectivity index (χ2n) is 2.50. The van der Waals surface area contributed by atoms with Crippen molar-refractivity contribution in [2.45, 2.75) is 13.0 Å². The molecule has 0 spiro atoms. The number of aliphatic hydroxyl groups is 1. The maximum Gasteiger partial charge on any atom is 0.0632 e. The van der Waals surface area contributed by atoms with E-state index in [0.717, 1.165) is 6.54 Å². The van der Waals surface area contributed by atoms with Crippen molar-refractivity contribution >= 4 is 0 Å². The van der Waals surface area contributed by atoms with Crippen molar-refractivity contribution in [1.82, 2.24) is 4.90 Å². The number of aliphatic hydroxyl groups excluding tert-OH is 1. The summed E-state index contributed by atoms with van der Waals surface area (Å²) in [5, 5.41) is 8.79. The first kappa shape index (κ1) is 7.35. The summed E-state index contributed by atoms with van der Waals surface area (Å²) in [5.74, 6) is 0. The van der Waals surface area contributed by atoms with Crippen LogP contribution in [0.1, 0.15) is 6.92 Å². The van der Waals surface area contributed by atoms with Gasteiger partial charge in [-0.25, -0.2) is 0 Å². The van der Waals surface area contributed by atoms with Gasteiger partial charge in [-0.3, -0.25) is 0 Å². The van der Waals surface area contributed by atoms with Crippen LogP contribution >= 0.6 is 0 Å². The second-order valence-corrected chi connectivity index (χ2v) is 2.50. The SMILES string of the molecule is C[C@H](CO)N1C=CC=CC1. The third-order valence-electron chi connectivity index (χ3n) is 1.67. The molecular weight excluding hydrogens is 126 g/mol. The Balaban J connectivity index is 2.42. The highest BCUT2D eigenvalue weighted by molar-refractivity contribution is 5.09. The average molecular weight is 139 g/mol. The van der Waals surface area contributed by atoms with Gasteiger partial charge in [-0.2, -0.15) is 0 Å². The van der Waals surface area contributed by atoms with Gasteiger partial charge >= 0.3 is 0 Å². The lowest BCUT2D eigenvalue weighted by atomic mass is 10.2. The maximum atomic E-state index is 8.79. The molecule has 0 saturated heterocycles. The zero-order valence-electron chi connectivity index (χ0n) is 6.20. The van der Waals surface area contributed by atoms with Crippen LogP contribution in [0.4, 0.5) is 0 Å². The van der Waals surface area contributed by atoms with Crippen molar-refractivity contribution < 1.29 is 5.11 Å². The van der Waals surface area contributed by atoms with Crippen LogP contribution in [0.3, 0.4) is 0 Å². The quantitative estimate of drug-likeness (QED) is 0.610. The summed E-state index contributed by atoms with van der Waals surface area (Å²) < 4.78 is 0. The first-order valence-corrected chi connectivity index (χ1v) is 3.54. The molecule has 0 amide bonds. The Hall–Kier alpha value is -0.760. The van der Waals surface area contributed by atoms with Crippen LogP contribution < -0.4 is 0 Å². The molecule has 0 aromatic rings. The van der Waals surface area contributed by atoms with Gasteiger partial charge in [0.15, 0.2) is 0 Å². The van der Waals surface area contributed by atoms with Crippen molar-refractivity contribution in [2.75, 3.05) is 13.2 Å². The molecule has 0 fully saturated rings. The predicted octanol–water partition coefficient (Wildman–Crippen LogP) is 0.753. The normalized spacial score (nSPS) is 19.6. The van der Waals surface area contributed by atoms with Crippen molar-refractivity contribution in [1.29, 1.82) is 0 Å². The van der Waals surface area contributed by atoms with Crippen LogP contribution in [-0.4, -0.2) is 29.2 Å². The second kappa shape index (κ2) is 3.42. The lowest BCUT2D eigenvalue weighted by Crippen LogP contribution is -2.31. The van der Waals surface area contributed by atoms with E-state index in [9.17, 15) is 0 Å². The van der Waals surface area contributed by atoms with Gasteiger partial charge in [-0.15, -0.1) is 0 Å². The molecule has 1 N–H and O–H groups in total. The van der Waals surface area contributed by atoms with E-state index < -0.39 is 0 Å². The first-order valence-electron chi connectivity index (χ1n) is 3.54. The molecular formula is C8H13NO. The number of hydrogen-bond donors (Lipinski definition) is 1. The van der Waals surface area contributed by atoms with Gasteiger partial charge in [0, 0.05) is 12.6 Å². The van der Waals surface area contributed by atoms with Gasteiger partial charge in [0.25, 0.3) is 0 Å². The molecule has 2 heteroatoms. The number of nitrogens with zero attached hydrogens (tertiary/aromatic N) is 1. The zero-order chi connectivity index (χ0) is 7.40. The summed E-state index contributed by atoms with van der Waals surface area (Å²) in [7, 11) is 0. The molecule has 2 nitrogen and oxygen atoms in total. The Morgan fingerprint density at radius 1 is 1.60 bits per heavy atom. The third kappa shape index (κ3) is 1.61. The molecule has 1 heterocycles. The molecule has 1 rings (SSSR count). The van der Waals surface area contributed by atoms with E-state index in [4.69, 9.17) is 5.11 Å². The third-order valence-corrected chi connectivity index (χ3v) is 1.67. The summed E-state index contributed by atoms with van der Waals surface area (Å²) in [6.07, 6.45) is 8.07. The number of rotatable bonds is 2. The molecule has 0 bridgehead atoms. The highest BCUT2D eigenvalue weighted by Gasteiger charge is 2.06. The Morgan fingerprint density at radius 3 is 2.90 bits per heavy atom. The van der Waals surface area contributed by atoms with Gasteiger partial charge in [-0.1, -0.05) is 12.2 Å². The Bertz CT molecular complexity index is 151. The van der Waals surface area contributed by atoms with Crippen LogP contribution in [-0.2, 0) is 0 Å². The Kier molecular flexibility index (Phi) is 2.51. The summed E-state index contributed by atoms with van der Waals surface area (Å²) in [5.41, 5.74) is 0. The monoisotopic (exact) mass is 139 g/mol. The Labute approximate surface area is 61.5 Å². The summed E-state index contributed by atoms with van der Waals surface area (Å²) in [4.78, 5) is 2.10. The van der Waals surface area contributed by atoms with E-state index >= 15 is 0 Å². The van der Waals surface area contributed by atoms with Crippen molar-refractivity contribution in [3.63, 3.8) is 0 Å². The molecule has 1 aliphatic rings. The smallest absolute Gasteiger partial charge is 0.0632 e. The fraction of sp³-hybridized carbons (Fsp3) is 0.500. The largest absolute Gasteiger partial charge is 0.394 e. The highest BCUT2D eigenvalue weighted by atomic mass is 16.3. The van der Waals surface area contributed by atoms with E-state index in [-0.39, 0.29) is 12.6 Å². The molecule has 56 valence electrons. The zero-order valence-corrected chi connectivity index (χ0v) is 6.20. The van der Waals surface area contributed by atoms with Crippen molar-refractivity contribution in [2.24, 2.45) is 0 Å². The molecule has 0 aliphatic carbocycles. The highest BCUT2D eigenvalue weighted by Crippen LogP contribution is 2.03. The fourth-order valence-corrected chi connectivity index (χ4v) is 0.914. The van der Waals surface area contributed by atoms with E-state index in [1.54, 1.807) is 0 Å². The lowest BCUT2D eigenvalue weighted by Gasteiger charge is -2.26. The molecule has 0 saturated carbocycles. The molecule has 0 radical (unpaired) electrons. The summed E-state index contributed by atoms with van der Waals surface area (Å²) in [6.45, 7) is 3.14. The predicted molar refractivity (Wildman–Crippen MR) is 41.5 cm³/mol. The van der Waals surface area contributed by atoms with E-state index in [1.165, 1.54) is 0 Å². The molecule has 1 atom stereocenters. The number of hydrogen-bond acceptors (Lipinski definition) is 2. The van der Waals surface area contributed by atoms with Gasteiger partial charge in [0.05, 0.1) is 6.61 Å². The van der Waals surface area contributed by atoms with Gasteiger partial charge < -0.3 is 10.0 Å². The van der Waals surface area contributed by atoms with Gasteiger partial charge in [0.2, 0.25) is 0 Å². The first-order chi connectivity index (χ1) is 4.84. The van der Waals surface area contributed by atoms with Crippen molar-refractivity contribution in [3.05, 3.63) is 24.4 Å². The average Bonchev–Trinajstić information content (AvgIpc) is 2.05. The van der Waals surface area contributed by atoms with Crippen LogP contribution in [0.15, 0.2) is 24.4 Å². The van der Waals surface area contributed by atoms with Crippen molar-refractivity contribution in [3.8, 4) is 0 Å². The van der Waals surface area contributed by atoms with Gasteiger partial charge in [-0.05, 0) is 19.2 Å².